The number of hydrogen-bond acceptors (Lipinski definition) is 4. The number of piperidine rings is 1. The normalized spacial score (nSPS) is 20.1. The van der Waals surface area contributed by atoms with Crippen molar-refractivity contribution in [3.63, 3.8) is 0 Å². The maximum Gasteiger partial charge on any atom is 0.246 e. The fourth-order valence-corrected chi connectivity index (χ4v) is 4.23. The van der Waals surface area contributed by atoms with Crippen LogP contribution in [0.1, 0.15) is 49.8 Å². The number of carbonyl (C=O) groups excluding carboxylic acids is 1. The Morgan fingerprint density at radius 1 is 0.931 bits per heavy atom. The molecule has 1 N–H and O–H groups in total. The van der Waals surface area contributed by atoms with E-state index in [-0.39, 0.29) is 11.9 Å². The highest BCUT2D eigenvalue weighted by Gasteiger charge is 2.42. The van der Waals surface area contributed by atoms with E-state index in [1.54, 1.807) is 0 Å². The van der Waals surface area contributed by atoms with Crippen molar-refractivity contribution in [2.24, 2.45) is 0 Å². The fraction of sp³-hybridized carbons (Fsp3) is 0.458. The summed E-state index contributed by atoms with van der Waals surface area (Å²) in [6.45, 7) is 7.18. The standard InChI is InChI=1S/C24H30N2O3/c1-18(2)19-8-10-21(11-9-19)25-23(27)22(20-6-4-3-5-7-20)26-14-12-24(13-15-26)28-16-17-29-24/h3-11,18,22H,12-17H2,1-2H3,(H,25,27)/t22-/m0/s1. The molecule has 5 nitrogen and oxygen atoms in total. The molecule has 0 aromatic heterocycles. The van der Waals surface area contributed by atoms with Gasteiger partial charge in [0.25, 0.3) is 0 Å². The number of hydrogen-bond donors (Lipinski definition) is 1. The van der Waals surface area contributed by atoms with Crippen LogP contribution in [0, 0.1) is 0 Å². The summed E-state index contributed by atoms with van der Waals surface area (Å²) in [7, 11) is 0. The molecule has 1 amide bonds. The van der Waals surface area contributed by atoms with Gasteiger partial charge in [-0.25, -0.2) is 0 Å². The van der Waals surface area contributed by atoms with Gasteiger partial charge in [0.1, 0.15) is 6.04 Å². The number of rotatable bonds is 5. The van der Waals surface area contributed by atoms with Crippen LogP contribution in [0.25, 0.3) is 0 Å². The Bertz CT molecular complexity index is 804. The molecule has 0 aliphatic carbocycles. The van der Waals surface area contributed by atoms with E-state index in [0.29, 0.717) is 19.1 Å². The average Bonchev–Trinajstić information content (AvgIpc) is 3.19. The SMILES string of the molecule is CC(C)c1ccc(NC(=O)[C@H](c2ccccc2)N2CCC3(CC2)OCCO3)cc1. The third-order valence-corrected chi connectivity index (χ3v) is 5.95. The number of anilines is 1. The summed E-state index contributed by atoms with van der Waals surface area (Å²) in [6.07, 6.45) is 1.57. The minimum atomic E-state index is -0.444. The zero-order valence-electron chi connectivity index (χ0n) is 17.3. The molecule has 1 spiro atoms. The van der Waals surface area contributed by atoms with Crippen molar-refractivity contribution in [3.05, 3.63) is 65.7 Å². The first-order valence-corrected chi connectivity index (χ1v) is 10.5. The van der Waals surface area contributed by atoms with E-state index in [4.69, 9.17) is 9.47 Å². The van der Waals surface area contributed by atoms with E-state index < -0.39 is 5.79 Å². The molecular weight excluding hydrogens is 364 g/mol. The van der Waals surface area contributed by atoms with Gasteiger partial charge >= 0.3 is 0 Å². The van der Waals surface area contributed by atoms with E-state index in [9.17, 15) is 4.79 Å². The topological polar surface area (TPSA) is 50.8 Å². The van der Waals surface area contributed by atoms with Crippen molar-refractivity contribution in [2.45, 2.75) is 44.4 Å². The highest BCUT2D eigenvalue weighted by Crippen LogP contribution is 2.35. The van der Waals surface area contributed by atoms with Crippen molar-refractivity contribution in [3.8, 4) is 0 Å². The van der Waals surface area contributed by atoms with Crippen LogP contribution in [0.15, 0.2) is 54.6 Å². The molecule has 4 rings (SSSR count). The summed E-state index contributed by atoms with van der Waals surface area (Å²) in [5, 5.41) is 3.12. The second-order valence-corrected chi connectivity index (χ2v) is 8.22. The highest BCUT2D eigenvalue weighted by molar-refractivity contribution is 5.95. The van der Waals surface area contributed by atoms with Gasteiger partial charge in [-0.3, -0.25) is 9.69 Å². The summed E-state index contributed by atoms with van der Waals surface area (Å²) in [5.74, 6) is 0.0242. The minimum Gasteiger partial charge on any atom is -0.347 e. The van der Waals surface area contributed by atoms with Crippen LogP contribution in [0.5, 0.6) is 0 Å². The number of nitrogens with one attached hydrogen (secondary N) is 1. The summed E-state index contributed by atoms with van der Waals surface area (Å²) in [6, 6.07) is 17.8. The summed E-state index contributed by atoms with van der Waals surface area (Å²) in [5.41, 5.74) is 3.10. The van der Waals surface area contributed by atoms with Crippen molar-refractivity contribution in [1.29, 1.82) is 0 Å². The van der Waals surface area contributed by atoms with Crippen molar-refractivity contribution in [1.82, 2.24) is 4.90 Å². The summed E-state index contributed by atoms with van der Waals surface area (Å²) < 4.78 is 11.7. The molecule has 0 bridgehead atoms. The van der Waals surface area contributed by atoms with Crippen LogP contribution in [0.2, 0.25) is 0 Å². The number of carbonyl (C=O) groups is 1. The van der Waals surface area contributed by atoms with E-state index in [1.165, 1.54) is 5.56 Å². The van der Waals surface area contributed by atoms with Gasteiger partial charge in [-0.05, 0) is 29.2 Å². The van der Waals surface area contributed by atoms with Gasteiger partial charge in [0.2, 0.25) is 5.91 Å². The van der Waals surface area contributed by atoms with Gasteiger partial charge in [0.05, 0.1) is 13.2 Å². The molecular formula is C24H30N2O3. The molecule has 154 valence electrons. The number of ether oxygens (including phenoxy) is 2. The summed E-state index contributed by atoms with van der Waals surface area (Å²) >= 11 is 0. The Hall–Kier alpha value is -2.21. The first-order valence-electron chi connectivity index (χ1n) is 10.5. The number of likely N-dealkylation sites (tertiary alicyclic amines) is 1. The van der Waals surface area contributed by atoms with Gasteiger partial charge in [-0.1, -0.05) is 56.3 Å². The van der Waals surface area contributed by atoms with Gasteiger partial charge < -0.3 is 14.8 Å². The van der Waals surface area contributed by atoms with Gasteiger partial charge in [-0.2, -0.15) is 0 Å². The maximum absolute atomic E-state index is 13.3. The monoisotopic (exact) mass is 394 g/mol. The lowest BCUT2D eigenvalue weighted by Gasteiger charge is -2.40. The van der Waals surface area contributed by atoms with Gasteiger partial charge in [0.15, 0.2) is 5.79 Å². The second-order valence-electron chi connectivity index (χ2n) is 8.22. The van der Waals surface area contributed by atoms with E-state index in [2.05, 4.69) is 36.2 Å². The zero-order chi connectivity index (χ0) is 20.3. The molecule has 2 aliphatic heterocycles. The first kappa shape index (κ1) is 20.1. The van der Waals surface area contributed by atoms with E-state index in [0.717, 1.165) is 37.2 Å². The minimum absolute atomic E-state index is 0.00212. The Balaban J connectivity index is 1.50. The molecule has 0 saturated carbocycles. The molecule has 2 aromatic rings. The molecule has 5 heteroatoms. The predicted molar refractivity (Wildman–Crippen MR) is 114 cm³/mol. The molecule has 2 heterocycles. The van der Waals surface area contributed by atoms with E-state index in [1.807, 2.05) is 42.5 Å². The quantitative estimate of drug-likeness (QED) is 0.820. The van der Waals surface area contributed by atoms with Crippen LogP contribution in [0.3, 0.4) is 0 Å². The Morgan fingerprint density at radius 2 is 1.55 bits per heavy atom. The van der Waals surface area contributed by atoms with Crippen LogP contribution < -0.4 is 5.32 Å². The van der Waals surface area contributed by atoms with Crippen molar-refractivity contribution in [2.75, 3.05) is 31.6 Å². The van der Waals surface area contributed by atoms with Crippen LogP contribution in [-0.2, 0) is 14.3 Å². The maximum atomic E-state index is 13.3. The lowest BCUT2D eigenvalue weighted by molar-refractivity contribution is -0.188. The van der Waals surface area contributed by atoms with Crippen molar-refractivity contribution >= 4 is 11.6 Å². The molecule has 1 atom stereocenters. The molecule has 2 saturated heterocycles. The predicted octanol–water partition coefficient (Wildman–Crippen LogP) is 4.33. The molecule has 0 unspecified atom stereocenters. The van der Waals surface area contributed by atoms with Gasteiger partial charge in [-0.15, -0.1) is 0 Å². The largest absolute Gasteiger partial charge is 0.347 e. The molecule has 2 fully saturated rings. The van der Waals surface area contributed by atoms with Crippen LogP contribution in [0.4, 0.5) is 5.69 Å². The lowest BCUT2D eigenvalue weighted by Crippen LogP contribution is -2.48. The molecule has 2 aliphatic rings. The number of amides is 1. The third-order valence-electron chi connectivity index (χ3n) is 5.95. The fourth-order valence-electron chi connectivity index (χ4n) is 4.23. The third kappa shape index (κ3) is 4.53. The lowest BCUT2D eigenvalue weighted by atomic mass is 9.97. The number of benzene rings is 2. The van der Waals surface area contributed by atoms with Crippen LogP contribution in [-0.4, -0.2) is 42.9 Å². The van der Waals surface area contributed by atoms with Crippen LogP contribution >= 0.6 is 0 Å². The Kier molecular flexibility index (Phi) is 5.99. The van der Waals surface area contributed by atoms with Crippen molar-refractivity contribution < 1.29 is 14.3 Å². The second kappa shape index (κ2) is 8.66. The Morgan fingerprint density at radius 3 is 2.14 bits per heavy atom. The smallest absolute Gasteiger partial charge is 0.246 e. The van der Waals surface area contributed by atoms with Gasteiger partial charge in [0, 0.05) is 31.6 Å². The average molecular weight is 395 g/mol. The Labute approximate surface area is 173 Å². The first-order chi connectivity index (χ1) is 14.1. The highest BCUT2D eigenvalue weighted by atomic mass is 16.7. The molecule has 2 aromatic carbocycles. The number of nitrogens with zero attached hydrogens (tertiary/aromatic N) is 1. The molecule has 29 heavy (non-hydrogen) atoms. The van der Waals surface area contributed by atoms with E-state index >= 15 is 0 Å². The molecule has 0 radical (unpaired) electrons. The zero-order valence-corrected chi connectivity index (χ0v) is 17.3. The summed E-state index contributed by atoms with van der Waals surface area (Å²) in [4.78, 5) is 15.6.